The van der Waals surface area contributed by atoms with Crippen LogP contribution in [0.3, 0.4) is 0 Å². The number of aliphatic hydroxyl groups excluding tert-OH is 1. The van der Waals surface area contributed by atoms with Gasteiger partial charge in [0, 0.05) is 5.41 Å². The molecule has 1 fully saturated rings. The number of hydrogen-bond donors (Lipinski definition) is 2. The first-order valence-electron chi connectivity index (χ1n) is 8.37. The topological polar surface area (TPSA) is 64.2 Å². The molecule has 1 aromatic carbocycles. The summed E-state index contributed by atoms with van der Waals surface area (Å²) in [6.07, 6.45) is 3.01. The van der Waals surface area contributed by atoms with Crippen LogP contribution < -0.4 is 0 Å². The van der Waals surface area contributed by atoms with Crippen LogP contribution >= 0.6 is 0 Å². The fraction of sp³-hybridized carbons (Fsp3) is 0.550. The third kappa shape index (κ3) is 2.36. The van der Waals surface area contributed by atoms with Gasteiger partial charge < -0.3 is 10.2 Å². The minimum atomic E-state index is -1.29. The monoisotopic (exact) mass is 309 g/mol. The minimum Gasteiger partial charge on any atom is -0.389 e. The van der Waals surface area contributed by atoms with E-state index in [1.54, 1.807) is 6.92 Å². The standard InChI is InChI=1S/C20H23NO2/c1-3-9-20(23)11-16-7-6-15-10-14(13-21)5-8-17(15)19(16,4-2)12-18(20)22/h5,8,10,16,18,22-23H,4,6-7,11-12H2,1-2H3/t16-,18+,19-,20+/m1/s1. The van der Waals surface area contributed by atoms with E-state index >= 15 is 0 Å². The van der Waals surface area contributed by atoms with Gasteiger partial charge in [0.05, 0.1) is 17.7 Å². The highest BCUT2D eigenvalue weighted by Crippen LogP contribution is 2.54. The third-order valence-electron chi connectivity index (χ3n) is 5.95. The predicted molar refractivity (Wildman–Crippen MR) is 88.6 cm³/mol. The van der Waals surface area contributed by atoms with E-state index in [-0.39, 0.29) is 5.41 Å². The molecule has 0 aliphatic heterocycles. The molecule has 1 saturated carbocycles. The second kappa shape index (κ2) is 5.68. The Bertz CT molecular complexity index is 723. The summed E-state index contributed by atoms with van der Waals surface area (Å²) in [6.45, 7) is 3.86. The van der Waals surface area contributed by atoms with E-state index in [2.05, 4.69) is 30.9 Å². The van der Waals surface area contributed by atoms with Gasteiger partial charge in [-0.1, -0.05) is 18.9 Å². The number of nitriles is 1. The molecule has 1 aromatic rings. The second-order valence-corrected chi connectivity index (χ2v) is 6.95. The first-order valence-corrected chi connectivity index (χ1v) is 8.37. The Kier molecular flexibility index (Phi) is 3.96. The lowest BCUT2D eigenvalue weighted by atomic mass is 9.52. The lowest BCUT2D eigenvalue weighted by Gasteiger charge is -2.53. The number of fused-ring (bicyclic) bond motifs is 3. The van der Waals surface area contributed by atoms with Crippen LogP contribution in [0.25, 0.3) is 0 Å². The average molecular weight is 309 g/mol. The van der Waals surface area contributed by atoms with E-state index in [4.69, 9.17) is 5.26 Å². The Labute approximate surface area is 138 Å². The minimum absolute atomic E-state index is 0.122. The maximum absolute atomic E-state index is 10.8. The SMILES string of the molecule is CC#C[C@]1(O)C[C@H]2CCc3cc(C#N)ccc3[C@]2(CC)C[C@@H]1O. The van der Waals surface area contributed by atoms with Crippen molar-refractivity contribution in [2.75, 3.05) is 0 Å². The predicted octanol–water partition coefficient (Wildman–Crippen LogP) is 2.68. The van der Waals surface area contributed by atoms with Gasteiger partial charge in [0.1, 0.15) is 0 Å². The van der Waals surface area contributed by atoms with Gasteiger partial charge in [0.15, 0.2) is 5.60 Å². The van der Waals surface area contributed by atoms with Crippen molar-refractivity contribution in [3.63, 3.8) is 0 Å². The summed E-state index contributed by atoms with van der Waals surface area (Å²) in [5, 5.41) is 30.5. The van der Waals surface area contributed by atoms with Gasteiger partial charge in [0.25, 0.3) is 0 Å². The number of aryl methyl sites for hydroxylation is 1. The van der Waals surface area contributed by atoms with E-state index < -0.39 is 11.7 Å². The molecule has 3 heteroatoms. The molecule has 2 N–H and O–H groups in total. The van der Waals surface area contributed by atoms with Gasteiger partial charge in [-0.05, 0) is 68.2 Å². The molecule has 0 spiro atoms. The summed E-state index contributed by atoms with van der Waals surface area (Å²) in [5.41, 5.74) is 1.76. The Balaban J connectivity index is 2.07. The number of aliphatic hydroxyl groups is 2. The molecular weight excluding hydrogens is 286 g/mol. The van der Waals surface area contributed by atoms with Crippen molar-refractivity contribution in [1.82, 2.24) is 0 Å². The number of nitrogens with zero attached hydrogens (tertiary/aromatic N) is 1. The van der Waals surface area contributed by atoms with Gasteiger partial charge in [-0.25, -0.2) is 0 Å². The summed E-state index contributed by atoms with van der Waals surface area (Å²) in [5.74, 6) is 5.92. The molecule has 3 nitrogen and oxygen atoms in total. The van der Waals surface area contributed by atoms with Crippen molar-refractivity contribution >= 4 is 0 Å². The molecule has 3 rings (SSSR count). The van der Waals surface area contributed by atoms with Crippen LogP contribution in [0, 0.1) is 29.1 Å². The molecule has 0 bridgehead atoms. The Morgan fingerprint density at radius 3 is 2.78 bits per heavy atom. The summed E-state index contributed by atoms with van der Waals surface area (Å²) in [7, 11) is 0. The highest BCUT2D eigenvalue weighted by molar-refractivity contribution is 5.45. The van der Waals surface area contributed by atoms with Crippen molar-refractivity contribution in [2.45, 2.75) is 63.1 Å². The highest BCUT2D eigenvalue weighted by Gasteiger charge is 2.54. The van der Waals surface area contributed by atoms with Crippen LogP contribution in [-0.2, 0) is 11.8 Å². The summed E-state index contributed by atoms with van der Waals surface area (Å²) < 4.78 is 0. The normalized spacial score (nSPS) is 35.3. The highest BCUT2D eigenvalue weighted by atomic mass is 16.3. The van der Waals surface area contributed by atoms with E-state index in [1.807, 2.05) is 12.1 Å². The lowest BCUT2D eigenvalue weighted by molar-refractivity contribution is -0.106. The summed E-state index contributed by atoms with van der Waals surface area (Å²) in [4.78, 5) is 0. The summed E-state index contributed by atoms with van der Waals surface area (Å²) in [6, 6.07) is 8.13. The number of benzene rings is 1. The quantitative estimate of drug-likeness (QED) is 0.784. The number of hydrogen-bond acceptors (Lipinski definition) is 3. The van der Waals surface area contributed by atoms with Crippen molar-refractivity contribution < 1.29 is 10.2 Å². The maximum Gasteiger partial charge on any atom is 0.151 e. The van der Waals surface area contributed by atoms with Crippen molar-refractivity contribution in [3.05, 3.63) is 34.9 Å². The molecule has 0 heterocycles. The van der Waals surface area contributed by atoms with Crippen LogP contribution in [0.15, 0.2) is 18.2 Å². The van der Waals surface area contributed by atoms with E-state index in [1.165, 1.54) is 11.1 Å². The smallest absolute Gasteiger partial charge is 0.151 e. The molecule has 2 aliphatic rings. The molecule has 2 aliphatic carbocycles. The van der Waals surface area contributed by atoms with Crippen molar-refractivity contribution in [3.8, 4) is 17.9 Å². The zero-order valence-electron chi connectivity index (χ0n) is 13.8. The third-order valence-corrected chi connectivity index (χ3v) is 5.95. The van der Waals surface area contributed by atoms with Gasteiger partial charge in [0.2, 0.25) is 0 Å². The molecule has 0 radical (unpaired) electrons. The maximum atomic E-state index is 10.8. The lowest BCUT2D eigenvalue weighted by Crippen LogP contribution is -2.57. The molecule has 0 saturated heterocycles. The number of rotatable bonds is 1. The molecule has 0 amide bonds. The largest absolute Gasteiger partial charge is 0.389 e. The van der Waals surface area contributed by atoms with E-state index in [9.17, 15) is 10.2 Å². The average Bonchev–Trinajstić information content (AvgIpc) is 2.55. The van der Waals surface area contributed by atoms with Crippen molar-refractivity contribution in [1.29, 1.82) is 5.26 Å². The Hall–Kier alpha value is -1.81. The molecular formula is C20H23NO2. The molecule has 4 atom stereocenters. The van der Waals surface area contributed by atoms with Gasteiger partial charge in [-0.3, -0.25) is 0 Å². The fourth-order valence-corrected chi connectivity index (χ4v) is 4.76. The van der Waals surface area contributed by atoms with E-state index in [0.29, 0.717) is 24.3 Å². The van der Waals surface area contributed by atoms with Crippen LogP contribution in [-0.4, -0.2) is 21.9 Å². The van der Waals surface area contributed by atoms with Crippen LogP contribution in [0.5, 0.6) is 0 Å². The zero-order chi connectivity index (χ0) is 16.7. The van der Waals surface area contributed by atoms with Crippen molar-refractivity contribution in [2.24, 2.45) is 5.92 Å². The van der Waals surface area contributed by atoms with E-state index in [0.717, 1.165) is 19.3 Å². The Morgan fingerprint density at radius 1 is 1.35 bits per heavy atom. The Morgan fingerprint density at radius 2 is 2.13 bits per heavy atom. The van der Waals surface area contributed by atoms with Crippen LogP contribution in [0.4, 0.5) is 0 Å². The van der Waals surface area contributed by atoms with Gasteiger partial charge >= 0.3 is 0 Å². The molecule has 120 valence electrons. The molecule has 23 heavy (non-hydrogen) atoms. The molecule has 0 unspecified atom stereocenters. The van der Waals surface area contributed by atoms with Crippen LogP contribution in [0.1, 0.15) is 56.2 Å². The zero-order valence-corrected chi connectivity index (χ0v) is 13.8. The van der Waals surface area contributed by atoms with Gasteiger partial charge in [-0.15, -0.1) is 5.92 Å². The second-order valence-electron chi connectivity index (χ2n) is 6.95. The van der Waals surface area contributed by atoms with Gasteiger partial charge in [-0.2, -0.15) is 5.26 Å². The fourth-order valence-electron chi connectivity index (χ4n) is 4.76. The molecule has 0 aromatic heterocycles. The first-order chi connectivity index (χ1) is 11.0. The summed E-state index contributed by atoms with van der Waals surface area (Å²) >= 11 is 0. The van der Waals surface area contributed by atoms with Crippen LogP contribution in [0.2, 0.25) is 0 Å². The first kappa shape index (κ1) is 16.1.